The fourth-order valence-electron chi connectivity index (χ4n) is 1.78. The van der Waals surface area contributed by atoms with Crippen LogP contribution in [0.4, 0.5) is 20.7 Å². The molecule has 0 aliphatic heterocycles. The second-order valence-corrected chi connectivity index (χ2v) is 3.71. The van der Waals surface area contributed by atoms with Gasteiger partial charge >= 0.3 is 0 Å². The topological polar surface area (TPSA) is 90.7 Å². The van der Waals surface area contributed by atoms with E-state index in [9.17, 15) is 8.78 Å². The quantitative estimate of drug-likeness (QED) is 0.727. The molecule has 5 nitrogen and oxygen atoms in total. The van der Waals surface area contributed by atoms with Crippen molar-refractivity contribution in [2.75, 3.05) is 11.5 Å². The fraction of sp³-hybridized carbons (Fsp3) is 0.625. The summed E-state index contributed by atoms with van der Waals surface area (Å²) in [5, 5.41) is 0. The van der Waals surface area contributed by atoms with Gasteiger partial charge in [0, 0.05) is 18.8 Å². The third-order valence-electron chi connectivity index (χ3n) is 2.46. The van der Waals surface area contributed by atoms with Crippen molar-refractivity contribution in [3.63, 3.8) is 0 Å². The van der Waals surface area contributed by atoms with Gasteiger partial charge in [-0.15, -0.1) is 0 Å². The van der Waals surface area contributed by atoms with Gasteiger partial charge in [-0.25, -0.2) is 8.78 Å². The van der Waals surface area contributed by atoms with E-state index in [0.717, 1.165) is 0 Å². The monoisotopic (exact) mass is 215 g/mol. The van der Waals surface area contributed by atoms with Gasteiger partial charge in [-0.05, 0) is 6.42 Å². The van der Waals surface area contributed by atoms with E-state index in [0.29, 0.717) is 6.42 Å². The molecule has 0 spiro atoms. The molecule has 1 aromatic heterocycles. The number of halogens is 2. The van der Waals surface area contributed by atoms with Gasteiger partial charge in [0.1, 0.15) is 5.82 Å². The van der Waals surface area contributed by atoms with Gasteiger partial charge < -0.3 is 11.5 Å². The summed E-state index contributed by atoms with van der Waals surface area (Å²) < 4.78 is 25.9. The lowest BCUT2D eigenvalue weighted by Gasteiger charge is -2.09. The molecule has 1 fully saturated rings. The Kier molecular flexibility index (Phi) is 2.17. The molecular weight excluding hydrogens is 204 g/mol. The molecule has 15 heavy (non-hydrogen) atoms. The van der Waals surface area contributed by atoms with E-state index in [2.05, 4.69) is 15.0 Å². The molecule has 0 saturated heterocycles. The first kappa shape index (κ1) is 10.0. The zero-order chi connectivity index (χ0) is 11.1. The first-order chi connectivity index (χ1) is 6.96. The zero-order valence-electron chi connectivity index (χ0n) is 7.95. The zero-order valence-corrected chi connectivity index (χ0v) is 7.95. The SMILES string of the molecule is Nc1nc(N)nc(C2CCC(F)(F)C2)n1. The third-order valence-corrected chi connectivity index (χ3v) is 2.46. The molecular formula is C8H11F2N5. The van der Waals surface area contributed by atoms with Gasteiger partial charge in [-0.2, -0.15) is 15.0 Å². The summed E-state index contributed by atoms with van der Waals surface area (Å²) >= 11 is 0. The lowest BCUT2D eigenvalue weighted by Crippen LogP contribution is -2.12. The molecule has 2 rings (SSSR count). The van der Waals surface area contributed by atoms with Crippen LogP contribution in [0, 0.1) is 0 Å². The van der Waals surface area contributed by atoms with Crippen molar-refractivity contribution in [1.82, 2.24) is 15.0 Å². The van der Waals surface area contributed by atoms with Crippen LogP contribution < -0.4 is 11.5 Å². The molecule has 1 aliphatic rings. The molecule has 1 aliphatic carbocycles. The average molecular weight is 215 g/mol. The lowest BCUT2D eigenvalue weighted by molar-refractivity contribution is 0.00754. The van der Waals surface area contributed by atoms with E-state index in [1.165, 1.54) is 0 Å². The van der Waals surface area contributed by atoms with Crippen molar-refractivity contribution in [2.24, 2.45) is 0 Å². The summed E-state index contributed by atoms with van der Waals surface area (Å²) in [5.74, 6) is -2.76. The minimum absolute atomic E-state index is 0.0206. The van der Waals surface area contributed by atoms with Gasteiger partial charge in [0.2, 0.25) is 17.8 Å². The Balaban J connectivity index is 2.24. The van der Waals surface area contributed by atoms with Crippen molar-refractivity contribution < 1.29 is 8.78 Å². The van der Waals surface area contributed by atoms with E-state index in [4.69, 9.17) is 11.5 Å². The molecule has 0 bridgehead atoms. The minimum Gasteiger partial charge on any atom is -0.368 e. The van der Waals surface area contributed by atoms with Crippen LogP contribution in [0.25, 0.3) is 0 Å². The summed E-state index contributed by atoms with van der Waals surface area (Å²) in [5.41, 5.74) is 10.7. The fourth-order valence-corrected chi connectivity index (χ4v) is 1.78. The largest absolute Gasteiger partial charge is 0.368 e. The van der Waals surface area contributed by atoms with Gasteiger partial charge in [0.05, 0.1) is 0 Å². The molecule has 4 N–H and O–H groups in total. The maximum atomic E-state index is 12.9. The Morgan fingerprint density at radius 1 is 1.13 bits per heavy atom. The number of aromatic nitrogens is 3. The van der Waals surface area contributed by atoms with Gasteiger partial charge in [0.25, 0.3) is 0 Å². The molecule has 1 unspecified atom stereocenters. The average Bonchev–Trinajstić information content (AvgIpc) is 2.44. The summed E-state index contributed by atoms with van der Waals surface area (Å²) in [4.78, 5) is 11.2. The van der Waals surface area contributed by atoms with Crippen molar-refractivity contribution in [1.29, 1.82) is 0 Å². The third kappa shape index (κ3) is 2.11. The number of nitrogens with two attached hydrogens (primary N) is 2. The molecule has 0 amide bonds. The second kappa shape index (κ2) is 3.25. The lowest BCUT2D eigenvalue weighted by atomic mass is 10.1. The van der Waals surface area contributed by atoms with E-state index >= 15 is 0 Å². The van der Waals surface area contributed by atoms with Crippen LogP contribution in [0.15, 0.2) is 0 Å². The van der Waals surface area contributed by atoms with E-state index in [1.807, 2.05) is 0 Å². The molecule has 1 aromatic rings. The van der Waals surface area contributed by atoms with Crippen molar-refractivity contribution in [2.45, 2.75) is 31.1 Å². The molecule has 1 heterocycles. The Bertz CT molecular complexity index is 361. The summed E-state index contributed by atoms with van der Waals surface area (Å²) in [7, 11) is 0. The van der Waals surface area contributed by atoms with Crippen LogP contribution in [0.2, 0.25) is 0 Å². The predicted molar refractivity (Wildman–Crippen MR) is 50.2 cm³/mol. The number of anilines is 2. The molecule has 0 radical (unpaired) electrons. The summed E-state index contributed by atoms with van der Waals surface area (Å²) in [6.45, 7) is 0. The van der Waals surface area contributed by atoms with Gasteiger partial charge in [-0.1, -0.05) is 0 Å². The Morgan fingerprint density at radius 3 is 2.20 bits per heavy atom. The number of alkyl halides is 2. The first-order valence-electron chi connectivity index (χ1n) is 4.61. The van der Waals surface area contributed by atoms with Crippen LogP contribution in [-0.2, 0) is 0 Å². The van der Waals surface area contributed by atoms with Crippen molar-refractivity contribution in [3.8, 4) is 0 Å². The minimum atomic E-state index is -2.62. The molecule has 1 atom stereocenters. The summed E-state index contributed by atoms with van der Waals surface area (Å²) in [6, 6.07) is 0. The van der Waals surface area contributed by atoms with Crippen LogP contribution in [0.3, 0.4) is 0 Å². The van der Waals surface area contributed by atoms with Crippen LogP contribution in [0.1, 0.15) is 31.0 Å². The molecule has 1 saturated carbocycles. The van der Waals surface area contributed by atoms with Crippen LogP contribution >= 0.6 is 0 Å². The number of hydrogen-bond donors (Lipinski definition) is 2. The molecule has 82 valence electrons. The predicted octanol–water partition coefficient (Wildman–Crippen LogP) is 0.939. The van der Waals surface area contributed by atoms with E-state index in [1.54, 1.807) is 0 Å². The van der Waals surface area contributed by atoms with Crippen LogP contribution in [-0.4, -0.2) is 20.9 Å². The van der Waals surface area contributed by atoms with Gasteiger partial charge in [0.15, 0.2) is 0 Å². The number of rotatable bonds is 1. The maximum Gasteiger partial charge on any atom is 0.248 e. The Labute approximate surface area is 84.9 Å². The highest BCUT2D eigenvalue weighted by molar-refractivity contribution is 5.27. The van der Waals surface area contributed by atoms with Crippen LogP contribution in [0.5, 0.6) is 0 Å². The van der Waals surface area contributed by atoms with Gasteiger partial charge in [-0.3, -0.25) is 0 Å². The highest BCUT2D eigenvalue weighted by Gasteiger charge is 2.41. The first-order valence-corrected chi connectivity index (χ1v) is 4.61. The van der Waals surface area contributed by atoms with E-state index in [-0.39, 0.29) is 36.5 Å². The van der Waals surface area contributed by atoms with E-state index < -0.39 is 5.92 Å². The smallest absolute Gasteiger partial charge is 0.248 e. The highest BCUT2D eigenvalue weighted by atomic mass is 19.3. The number of hydrogen-bond acceptors (Lipinski definition) is 5. The summed E-state index contributed by atoms with van der Waals surface area (Å²) in [6.07, 6.45) is -0.0189. The Hall–Kier alpha value is -1.53. The maximum absolute atomic E-state index is 12.9. The molecule has 7 heteroatoms. The van der Waals surface area contributed by atoms with Crippen molar-refractivity contribution >= 4 is 11.9 Å². The van der Waals surface area contributed by atoms with Crippen molar-refractivity contribution in [3.05, 3.63) is 5.82 Å². The number of nitrogens with zero attached hydrogens (tertiary/aromatic N) is 3. The normalized spacial score (nSPS) is 24.3. The number of nitrogen functional groups attached to an aromatic ring is 2. The Morgan fingerprint density at radius 2 is 1.73 bits per heavy atom. The standard InChI is InChI=1S/C8H11F2N5/c9-8(10)2-1-4(3-8)5-13-6(11)15-7(12)14-5/h4H,1-3H2,(H4,11,12,13,14,15). The second-order valence-electron chi connectivity index (χ2n) is 3.71. The highest BCUT2D eigenvalue weighted by Crippen LogP contribution is 2.43. The molecule has 0 aromatic carbocycles.